The zero-order valence-corrected chi connectivity index (χ0v) is 14.1. The first kappa shape index (κ1) is 17.3. The summed E-state index contributed by atoms with van der Waals surface area (Å²) >= 11 is 5.75. The average molecular weight is 367 g/mol. The molecule has 1 aromatic carbocycles. The van der Waals surface area contributed by atoms with E-state index in [1.165, 1.54) is 23.2 Å². The Labute approximate surface area is 148 Å². The van der Waals surface area contributed by atoms with Crippen molar-refractivity contribution >= 4 is 23.5 Å². The number of carbonyl (C=O) groups excluding carboxylic acids is 1. The van der Waals surface area contributed by atoms with E-state index in [2.05, 4.69) is 10.3 Å². The van der Waals surface area contributed by atoms with E-state index in [4.69, 9.17) is 11.6 Å². The van der Waals surface area contributed by atoms with E-state index in [1.807, 2.05) is 6.92 Å². The zero-order chi connectivity index (χ0) is 18.1. The summed E-state index contributed by atoms with van der Waals surface area (Å²) in [4.78, 5) is 25.4. The maximum atomic E-state index is 14.1. The van der Waals surface area contributed by atoms with Crippen LogP contribution in [0.5, 0.6) is 0 Å². The zero-order valence-electron chi connectivity index (χ0n) is 13.4. The molecule has 2 aromatic rings. The van der Waals surface area contributed by atoms with Gasteiger partial charge in [-0.25, -0.2) is 13.9 Å². The van der Waals surface area contributed by atoms with Crippen LogP contribution in [0.4, 0.5) is 4.39 Å². The van der Waals surface area contributed by atoms with E-state index < -0.39 is 23.7 Å². The van der Waals surface area contributed by atoms with Crippen LogP contribution in [0.3, 0.4) is 0 Å². The molecule has 7 nitrogen and oxygen atoms in total. The second-order valence-corrected chi connectivity index (χ2v) is 6.51. The van der Waals surface area contributed by atoms with Crippen molar-refractivity contribution in [3.05, 3.63) is 40.9 Å². The van der Waals surface area contributed by atoms with Crippen LogP contribution >= 0.6 is 11.6 Å². The summed E-state index contributed by atoms with van der Waals surface area (Å²) < 4.78 is 15.2. The van der Waals surface area contributed by atoms with Crippen LogP contribution in [-0.4, -0.2) is 49.5 Å². The Balaban J connectivity index is 1.87. The summed E-state index contributed by atoms with van der Waals surface area (Å²) in [5.74, 6) is -2.04. The van der Waals surface area contributed by atoms with Crippen LogP contribution in [0.2, 0.25) is 5.02 Å². The monoisotopic (exact) mass is 366 g/mol. The van der Waals surface area contributed by atoms with Gasteiger partial charge in [0.1, 0.15) is 11.7 Å². The summed E-state index contributed by atoms with van der Waals surface area (Å²) in [6.07, 6.45) is 2.37. The molecule has 1 N–H and O–H groups in total. The molecule has 0 spiro atoms. The molecular formula is C16H16ClFN4O3. The molecule has 2 unspecified atom stereocenters. The highest BCUT2D eigenvalue weighted by molar-refractivity contribution is 6.30. The van der Waals surface area contributed by atoms with Gasteiger partial charge in [0.05, 0.1) is 11.2 Å². The summed E-state index contributed by atoms with van der Waals surface area (Å²) in [6, 6.07) is 3.50. The maximum absolute atomic E-state index is 14.1. The number of carbonyl (C=O) groups is 2. The van der Waals surface area contributed by atoms with Gasteiger partial charge in [-0.15, -0.1) is 5.10 Å². The Hall–Kier alpha value is -2.48. The minimum absolute atomic E-state index is 0.0415. The molecule has 0 aliphatic carbocycles. The van der Waals surface area contributed by atoms with Crippen molar-refractivity contribution in [2.45, 2.75) is 25.8 Å². The highest BCUT2D eigenvalue weighted by atomic mass is 35.5. The molecule has 2 heterocycles. The number of carboxylic acid groups (broad SMARTS) is 1. The molecule has 1 amide bonds. The molecule has 132 valence electrons. The molecule has 25 heavy (non-hydrogen) atoms. The van der Waals surface area contributed by atoms with Crippen molar-refractivity contribution < 1.29 is 19.1 Å². The predicted molar refractivity (Wildman–Crippen MR) is 87.2 cm³/mol. The van der Waals surface area contributed by atoms with Crippen molar-refractivity contribution in [2.75, 3.05) is 6.54 Å². The first-order valence-electron chi connectivity index (χ1n) is 7.79. The van der Waals surface area contributed by atoms with Crippen molar-refractivity contribution in [3.8, 4) is 5.69 Å². The lowest BCUT2D eigenvalue weighted by Gasteiger charge is -2.35. The molecule has 1 aliphatic rings. The van der Waals surface area contributed by atoms with Crippen molar-refractivity contribution in [1.29, 1.82) is 0 Å². The second kappa shape index (κ2) is 6.79. The number of aliphatic carboxylic acids is 1. The fraction of sp³-hybridized carbons (Fsp3) is 0.375. The molecule has 0 saturated carbocycles. The Bertz CT molecular complexity index is 825. The molecule has 3 rings (SSSR count). The summed E-state index contributed by atoms with van der Waals surface area (Å²) in [6.45, 7) is 2.28. The van der Waals surface area contributed by atoms with Gasteiger partial charge in [0, 0.05) is 6.54 Å². The highest BCUT2D eigenvalue weighted by Crippen LogP contribution is 2.25. The average Bonchev–Trinajstić information content (AvgIpc) is 3.06. The second-order valence-electron chi connectivity index (χ2n) is 6.10. The molecular weight excluding hydrogens is 351 g/mol. The lowest BCUT2D eigenvalue weighted by Crippen LogP contribution is -2.49. The molecule has 1 saturated heterocycles. The number of rotatable bonds is 3. The Morgan fingerprint density at radius 1 is 1.40 bits per heavy atom. The summed E-state index contributed by atoms with van der Waals surface area (Å²) in [7, 11) is 0. The number of halogens is 2. The van der Waals surface area contributed by atoms with Crippen LogP contribution in [0.25, 0.3) is 5.69 Å². The van der Waals surface area contributed by atoms with E-state index in [9.17, 15) is 19.1 Å². The van der Waals surface area contributed by atoms with Gasteiger partial charge in [-0.05, 0) is 30.9 Å². The molecule has 1 fully saturated rings. The largest absolute Gasteiger partial charge is 0.480 e. The smallest absolute Gasteiger partial charge is 0.326 e. The Kier molecular flexibility index (Phi) is 4.71. The van der Waals surface area contributed by atoms with E-state index >= 15 is 0 Å². The predicted octanol–water partition coefficient (Wildman–Crippen LogP) is 2.39. The van der Waals surface area contributed by atoms with Gasteiger partial charge < -0.3 is 10.0 Å². The fourth-order valence-electron chi connectivity index (χ4n) is 2.91. The number of amides is 1. The summed E-state index contributed by atoms with van der Waals surface area (Å²) in [5.41, 5.74) is 0.0151. The van der Waals surface area contributed by atoms with Crippen LogP contribution in [0.1, 0.15) is 30.3 Å². The van der Waals surface area contributed by atoms with Gasteiger partial charge in [-0.3, -0.25) is 4.79 Å². The van der Waals surface area contributed by atoms with Crippen LogP contribution in [-0.2, 0) is 4.79 Å². The van der Waals surface area contributed by atoms with Gasteiger partial charge >= 0.3 is 5.97 Å². The van der Waals surface area contributed by atoms with Gasteiger partial charge in [-0.2, -0.15) is 0 Å². The van der Waals surface area contributed by atoms with Crippen molar-refractivity contribution in [1.82, 2.24) is 19.9 Å². The van der Waals surface area contributed by atoms with Crippen LogP contribution in [0, 0.1) is 11.7 Å². The molecule has 1 aromatic heterocycles. The number of hydrogen-bond acceptors (Lipinski definition) is 4. The first-order valence-corrected chi connectivity index (χ1v) is 8.16. The highest BCUT2D eigenvalue weighted by Gasteiger charge is 2.36. The van der Waals surface area contributed by atoms with Gasteiger partial charge in [0.25, 0.3) is 5.91 Å². The van der Waals surface area contributed by atoms with E-state index in [-0.39, 0.29) is 22.3 Å². The number of hydrogen-bond donors (Lipinski definition) is 1. The third-order valence-corrected chi connectivity index (χ3v) is 4.59. The number of carboxylic acids is 1. The SMILES string of the molecule is CC1CCN(C(=O)c2cn(-c3cccc(Cl)c3F)nn2)C(C(=O)O)C1. The number of piperidine rings is 1. The van der Waals surface area contributed by atoms with Crippen LogP contribution < -0.4 is 0 Å². The number of aromatic nitrogens is 3. The van der Waals surface area contributed by atoms with Crippen molar-refractivity contribution in [3.63, 3.8) is 0 Å². The molecule has 9 heteroatoms. The van der Waals surface area contributed by atoms with Gasteiger partial charge in [-0.1, -0.05) is 29.8 Å². The minimum Gasteiger partial charge on any atom is -0.480 e. The lowest BCUT2D eigenvalue weighted by atomic mass is 9.92. The van der Waals surface area contributed by atoms with E-state index in [0.29, 0.717) is 19.4 Å². The molecule has 0 radical (unpaired) electrons. The number of likely N-dealkylation sites (tertiary alicyclic amines) is 1. The van der Waals surface area contributed by atoms with Gasteiger partial charge in [0.15, 0.2) is 11.5 Å². The Morgan fingerprint density at radius 2 is 2.16 bits per heavy atom. The van der Waals surface area contributed by atoms with Crippen molar-refractivity contribution in [2.24, 2.45) is 5.92 Å². The molecule has 2 atom stereocenters. The van der Waals surface area contributed by atoms with E-state index in [0.717, 1.165) is 4.68 Å². The van der Waals surface area contributed by atoms with E-state index in [1.54, 1.807) is 6.07 Å². The minimum atomic E-state index is -1.05. The lowest BCUT2D eigenvalue weighted by molar-refractivity contribution is -0.144. The third kappa shape index (κ3) is 3.34. The number of benzene rings is 1. The molecule has 1 aliphatic heterocycles. The third-order valence-electron chi connectivity index (χ3n) is 4.30. The van der Waals surface area contributed by atoms with Crippen LogP contribution in [0.15, 0.2) is 24.4 Å². The topological polar surface area (TPSA) is 88.3 Å². The standard InChI is InChI=1S/C16H16ClFN4O3/c1-9-5-6-21(13(7-9)16(24)25)15(23)11-8-22(20-19-11)12-4-2-3-10(17)14(12)18/h2-4,8-9,13H,5-7H2,1H3,(H,24,25). The first-order chi connectivity index (χ1) is 11.9. The van der Waals surface area contributed by atoms with Gasteiger partial charge in [0.2, 0.25) is 0 Å². The maximum Gasteiger partial charge on any atom is 0.326 e. The number of nitrogens with zero attached hydrogens (tertiary/aromatic N) is 4. The molecule has 0 bridgehead atoms. The fourth-order valence-corrected chi connectivity index (χ4v) is 3.08. The summed E-state index contributed by atoms with van der Waals surface area (Å²) in [5, 5.41) is 16.8. The quantitative estimate of drug-likeness (QED) is 0.901. The Morgan fingerprint density at radius 3 is 2.88 bits per heavy atom. The normalized spacial score (nSPS) is 20.5.